The molecule has 1 aliphatic heterocycles. The first kappa shape index (κ1) is 16.8. The zero-order chi connectivity index (χ0) is 17.1. The van der Waals surface area contributed by atoms with Crippen molar-refractivity contribution < 1.29 is 19.4 Å². The fraction of sp³-hybridized carbons (Fsp3) is 0.579. The molecule has 24 heavy (non-hydrogen) atoms. The smallest absolute Gasteiger partial charge is 0.342 e. The van der Waals surface area contributed by atoms with Gasteiger partial charge in [-0.25, -0.2) is 4.79 Å². The number of aromatic hydroxyl groups is 1. The summed E-state index contributed by atoms with van der Waals surface area (Å²) in [5.74, 6) is -0.287. The topological polar surface area (TPSA) is 66.8 Å². The van der Waals surface area contributed by atoms with Crippen LogP contribution in [0, 0.1) is 12.8 Å². The van der Waals surface area contributed by atoms with Crippen LogP contribution in [0.5, 0.6) is 5.75 Å². The number of esters is 1. The molecular formula is C19H25NO4. The molecule has 0 spiro atoms. The number of likely N-dealkylation sites (tertiary alicyclic amines) is 1. The minimum absolute atomic E-state index is 0.108. The maximum absolute atomic E-state index is 12.5. The van der Waals surface area contributed by atoms with E-state index in [0.29, 0.717) is 12.0 Å². The standard InChI is InChI=1S/C19H25NO4/c1-13-8-9-17(21)15(11-13)19(23)24-12-18(22)20-10-4-6-14-5-2-3-7-16(14)20/h8-9,11,14,16,21H,2-7,10,12H2,1H3/t14-,16-/m0/s1. The summed E-state index contributed by atoms with van der Waals surface area (Å²) in [5, 5.41) is 9.78. The molecule has 1 aromatic carbocycles. The van der Waals surface area contributed by atoms with Crippen molar-refractivity contribution in [3.05, 3.63) is 29.3 Å². The summed E-state index contributed by atoms with van der Waals surface area (Å²) in [6, 6.07) is 5.06. The van der Waals surface area contributed by atoms with E-state index < -0.39 is 5.97 Å². The summed E-state index contributed by atoms with van der Waals surface area (Å²) < 4.78 is 5.17. The third-order valence-electron chi connectivity index (χ3n) is 5.26. The molecule has 1 aromatic rings. The zero-order valence-electron chi connectivity index (χ0n) is 14.2. The number of nitrogens with zero attached hydrogens (tertiary/aromatic N) is 1. The maximum Gasteiger partial charge on any atom is 0.342 e. The SMILES string of the molecule is Cc1ccc(O)c(C(=O)OCC(=O)N2CCC[C@@H]3CCCC[C@@H]32)c1. The number of carbonyl (C=O) groups is 2. The Balaban J connectivity index is 1.60. The largest absolute Gasteiger partial charge is 0.507 e. The molecular weight excluding hydrogens is 306 g/mol. The molecule has 5 heteroatoms. The Kier molecular flexibility index (Phi) is 5.07. The molecule has 2 aliphatic rings. The number of carbonyl (C=O) groups excluding carboxylic acids is 2. The van der Waals surface area contributed by atoms with E-state index in [2.05, 4.69) is 0 Å². The minimum Gasteiger partial charge on any atom is -0.507 e. The molecule has 1 saturated carbocycles. The quantitative estimate of drug-likeness (QED) is 0.865. The fourth-order valence-electron chi connectivity index (χ4n) is 4.04. The van der Waals surface area contributed by atoms with Crippen molar-refractivity contribution >= 4 is 11.9 Å². The Morgan fingerprint density at radius 3 is 2.79 bits per heavy atom. The summed E-state index contributed by atoms with van der Waals surface area (Å²) in [6.45, 7) is 2.33. The van der Waals surface area contributed by atoms with Crippen LogP contribution in [-0.4, -0.2) is 41.1 Å². The molecule has 1 saturated heterocycles. The van der Waals surface area contributed by atoms with Gasteiger partial charge in [0.15, 0.2) is 6.61 Å². The van der Waals surface area contributed by atoms with Gasteiger partial charge in [0.2, 0.25) is 0 Å². The van der Waals surface area contributed by atoms with Gasteiger partial charge in [-0.15, -0.1) is 0 Å². The first-order valence-corrected chi connectivity index (χ1v) is 8.82. The lowest BCUT2D eigenvalue weighted by atomic mass is 9.78. The summed E-state index contributed by atoms with van der Waals surface area (Å²) in [6.07, 6.45) is 6.91. The van der Waals surface area contributed by atoms with Crippen molar-refractivity contribution in [1.29, 1.82) is 0 Å². The number of hydrogen-bond acceptors (Lipinski definition) is 4. The van der Waals surface area contributed by atoms with Crippen molar-refractivity contribution in [3.8, 4) is 5.75 Å². The number of fused-ring (bicyclic) bond motifs is 1. The molecule has 1 N–H and O–H groups in total. The van der Waals surface area contributed by atoms with Gasteiger partial charge in [0.25, 0.3) is 5.91 Å². The average Bonchev–Trinajstić information content (AvgIpc) is 2.61. The normalized spacial score (nSPS) is 23.5. The van der Waals surface area contributed by atoms with Crippen LogP contribution >= 0.6 is 0 Å². The number of ether oxygens (including phenoxy) is 1. The number of rotatable bonds is 3. The molecule has 1 heterocycles. The highest BCUT2D eigenvalue weighted by Gasteiger charge is 2.35. The third kappa shape index (κ3) is 3.55. The van der Waals surface area contributed by atoms with Gasteiger partial charge in [-0.2, -0.15) is 0 Å². The van der Waals surface area contributed by atoms with Crippen LogP contribution in [-0.2, 0) is 9.53 Å². The highest BCUT2D eigenvalue weighted by atomic mass is 16.5. The second-order valence-corrected chi connectivity index (χ2v) is 6.94. The number of piperidine rings is 1. The Morgan fingerprint density at radius 2 is 1.96 bits per heavy atom. The van der Waals surface area contributed by atoms with Crippen molar-refractivity contribution in [2.24, 2.45) is 5.92 Å². The van der Waals surface area contributed by atoms with E-state index in [4.69, 9.17) is 4.74 Å². The molecule has 3 rings (SSSR count). The molecule has 0 unspecified atom stereocenters. The Labute approximate surface area is 142 Å². The van der Waals surface area contributed by atoms with Crippen LogP contribution in [0.3, 0.4) is 0 Å². The average molecular weight is 331 g/mol. The Hall–Kier alpha value is -2.04. The van der Waals surface area contributed by atoms with Gasteiger partial charge in [-0.05, 0) is 50.7 Å². The van der Waals surface area contributed by atoms with Gasteiger partial charge in [-0.3, -0.25) is 4.79 Å². The first-order chi connectivity index (χ1) is 11.6. The van der Waals surface area contributed by atoms with Crippen LogP contribution in [0.25, 0.3) is 0 Å². The van der Waals surface area contributed by atoms with E-state index in [-0.39, 0.29) is 23.8 Å². The first-order valence-electron chi connectivity index (χ1n) is 8.82. The van der Waals surface area contributed by atoms with Crippen LogP contribution in [0.2, 0.25) is 0 Å². The van der Waals surface area contributed by atoms with Gasteiger partial charge < -0.3 is 14.7 Å². The number of amides is 1. The van der Waals surface area contributed by atoms with Crippen molar-refractivity contribution in [1.82, 2.24) is 4.90 Å². The minimum atomic E-state index is -0.651. The maximum atomic E-state index is 12.5. The molecule has 130 valence electrons. The van der Waals surface area contributed by atoms with Gasteiger partial charge in [-0.1, -0.05) is 24.5 Å². The lowest BCUT2D eigenvalue weighted by Crippen LogP contribution is -2.50. The Morgan fingerprint density at radius 1 is 1.21 bits per heavy atom. The van der Waals surface area contributed by atoms with Gasteiger partial charge in [0.1, 0.15) is 11.3 Å². The number of aryl methyl sites for hydroxylation is 1. The van der Waals surface area contributed by atoms with Gasteiger partial charge in [0.05, 0.1) is 0 Å². The molecule has 1 aliphatic carbocycles. The molecule has 0 bridgehead atoms. The van der Waals surface area contributed by atoms with Crippen LogP contribution in [0.1, 0.15) is 54.4 Å². The van der Waals surface area contributed by atoms with E-state index in [0.717, 1.165) is 24.9 Å². The van der Waals surface area contributed by atoms with E-state index in [9.17, 15) is 14.7 Å². The number of phenols is 1. The second kappa shape index (κ2) is 7.24. The van der Waals surface area contributed by atoms with Crippen LogP contribution in [0.15, 0.2) is 18.2 Å². The predicted octanol–water partition coefficient (Wildman–Crippen LogP) is 3.04. The van der Waals surface area contributed by atoms with Crippen LogP contribution < -0.4 is 0 Å². The van der Waals surface area contributed by atoms with E-state index in [1.807, 2.05) is 11.8 Å². The second-order valence-electron chi connectivity index (χ2n) is 6.94. The van der Waals surface area contributed by atoms with Gasteiger partial charge >= 0.3 is 5.97 Å². The highest BCUT2D eigenvalue weighted by Crippen LogP contribution is 2.35. The number of benzene rings is 1. The van der Waals surface area contributed by atoms with E-state index in [1.165, 1.54) is 31.7 Å². The molecule has 1 amide bonds. The summed E-state index contributed by atoms with van der Waals surface area (Å²) in [7, 11) is 0. The monoisotopic (exact) mass is 331 g/mol. The molecule has 0 aromatic heterocycles. The third-order valence-corrected chi connectivity index (χ3v) is 5.26. The summed E-state index contributed by atoms with van der Waals surface area (Å²) in [5.41, 5.74) is 0.962. The fourth-order valence-corrected chi connectivity index (χ4v) is 4.04. The molecule has 5 nitrogen and oxygen atoms in total. The van der Waals surface area contributed by atoms with Crippen LogP contribution in [0.4, 0.5) is 0 Å². The lowest BCUT2D eigenvalue weighted by Gasteiger charge is -2.44. The van der Waals surface area contributed by atoms with E-state index in [1.54, 1.807) is 12.1 Å². The van der Waals surface area contributed by atoms with Crippen molar-refractivity contribution in [3.63, 3.8) is 0 Å². The highest BCUT2D eigenvalue weighted by molar-refractivity contribution is 5.94. The molecule has 2 atom stereocenters. The zero-order valence-corrected chi connectivity index (χ0v) is 14.2. The number of hydrogen-bond donors (Lipinski definition) is 1. The predicted molar refractivity (Wildman–Crippen MR) is 89.8 cm³/mol. The Bertz CT molecular complexity index is 626. The summed E-state index contributed by atoms with van der Waals surface area (Å²) >= 11 is 0. The molecule has 2 fully saturated rings. The molecule has 0 radical (unpaired) electrons. The van der Waals surface area contributed by atoms with Crippen molar-refractivity contribution in [2.75, 3.05) is 13.2 Å². The number of phenolic OH excluding ortho intramolecular Hbond substituents is 1. The summed E-state index contributed by atoms with van der Waals surface area (Å²) in [4.78, 5) is 26.6. The lowest BCUT2D eigenvalue weighted by molar-refractivity contribution is -0.140. The van der Waals surface area contributed by atoms with E-state index >= 15 is 0 Å². The van der Waals surface area contributed by atoms with Crippen molar-refractivity contribution in [2.45, 2.75) is 51.5 Å². The van der Waals surface area contributed by atoms with Gasteiger partial charge in [0, 0.05) is 12.6 Å².